The van der Waals surface area contributed by atoms with Gasteiger partial charge in [-0.15, -0.1) is 10.2 Å². The monoisotopic (exact) mass is 322 g/mol. The third-order valence-electron chi connectivity index (χ3n) is 2.42. The second kappa shape index (κ2) is 6.72. The van der Waals surface area contributed by atoms with Crippen molar-refractivity contribution in [3.05, 3.63) is 45.0 Å². The fourth-order valence-electron chi connectivity index (χ4n) is 1.44. The number of hydrogen-bond acceptors (Lipinski definition) is 8. The van der Waals surface area contributed by atoms with Gasteiger partial charge >= 0.3 is 5.97 Å². The summed E-state index contributed by atoms with van der Waals surface area (Å²) in [7, 11) is 0. The van der Waals surface area contributed by atoms with E-state index < -0.39 is 23.4 Å². The summed E-state index contributed by atoms with van der Waals surface area (Å²) >= 11 is 1.19. The van der Waals surface area contributed by atoms with Crippen LogP contribution in [0, 0.1) is 17.0 Å². The molecule has 1 N–H and O–H groups in total. The van der Waals surface area contributed by atoms with Gasteiger partial charge in [-0.25, -0.2) is 4.79 Å². The lowest BCUT2D eigenvalue weighted by Crippen LogP contribution is -2.20. The average Bonchev–Trinajstić information content (AvgIpc) is 2.90. The molecule has 2 rings (SSSR count). The largest absolute Gasteiger partial charge is 0.452 e. The van der Waals surface area contributed by atoms with Gasteiger partial charge < -0.3 is 4.74 Å². The first-order valence-corrected chi connectivity index (χ1v) is 6.79. The molecule has 2 aromatic rings. The third kappa shape index (κ3) is 4.06. The van der Waals surface area contributed by atoms with Crippen LogP contribution in [-0.2, 0) is 9.53 Å². The van der Waals surface area contributed by atoms with E-state index in [1.807, 2.05) is 0 Å². The lowest BCUT2D eigenvalue weighted by molar-refractivity contribution is -0.384. The molecule has 0 saturated heterocycles. The van der Waals surface area contributed by atoms with Gasteiger partial charge in [0.2, 0.25) is 5.13 Å². The van der Waals surface area contributed by atoms with Crippen molar-refractivity contribution in [3.63, 3.8) is 0 Å². The first kappa shape index (κ1) is 15.5. The Hall–Kier alpha value is -2.88. The predicted octanol–water partition coefficient (Wildman–Crippen LogP) is 1.55. The molecule has 0 aliphatic rings. The van der Waals surface area contributed by atoms with Crippen LogP contribution in [0.15, 0.2) is 24.3 Å². The van der Waals surface area contributed by atoms with Gasteiger partial charge in [0.1, 0.15) is 5.01 Å². The highest BCUT2D eigenvalue weighted by Gasteiger charge is 2.13. The van der Waals surface area contributed by atoms with Crippen LogP contribution in [0.4, 0.5) is 10.8 Å². The van der Waals surface area contributed by atoms with E-state index in [4.69, 9.17) is 4.74 Å². The summed E-state index contributed by atoms with van der Waals surface area (Å²) in [4.78, 5) is 33.2. The smallest absolute Gasteiger partial charge is 0.338 e. The van der Waals surface area contributed by atoms with Gasteiger partial charge in [0.05, 0.1) is 10.5 Å². The highest BCUT2D eigenvalue weighted by atomic mass is 32.1. The van der Waals surface area contributed by atoms with E-state index in [1.54, 1.807) is 6.92 Å². The number of rotatable bonds is 5. The number of carbonyl (C=O) groups excluding carboxylic acids is 2. The van der Waals surface area contributed by atoms with Crippen molar-refractivity contribution >= 4 is 34.0 Å². The molecule has 0 saturated carbocycles. The Bertz CT molecular complexity index is 713. The molecule has 114 valence electrons. The highest BCUT2D eigenvalue weighted by Crippen LogP contribution is 2.14. The molecule has 1 heterocycles. The van der Waals surface area contributed by atoms with Crippen LogP contribution in [0.1, 0.15) is 15.4 Å². The van der Waals surface area contributed by atoms with Crippen LogP contribution >= 0.6 is 11.3 Å². The number of benzene rings is 1. The minimum absolute atomic E-state index is 0.116. The molecule has 0 spiro atoms. The number of non-ortho nitro benzene ring substituents is 1. The van der Waals surface area contributed by atoms with Crippen LogP contribution in [0.25, 0.3) is 0 Å². The molecular weight excluding hydrogens is 312 g/mol. The van der Waals surface area contributed by atoms with Crippen LogP contribution in [0.3, 0.4) is 0 Å². The van der Waals surface area contributed by atoms with Gasteiger partial charge in [-0.3, -0.25) is 20.2 Å². The van der Waals surface area contributed by atoms with Crippen LogP contribution in [0.2, 0.25) is 0 Å². The van der Waals surface area contributed by atoms with E-state index in [2.05, 4.69) is 15.5 Å². The number of esters is 1. The minimum Gasteiger partial charge on any atom is -0.452 e. The summed E-state index contributed by atoms with van der Waals surface area (Å²) < 4.78 is 4.80. The van der Waals surface area contributed by atoms with Gasteiger partial charge in [-0.2, -0.15) is 0 Å². The number of anilines is 1. The van der Waals surface area contributed by atoms with Gasteiger partial charge in [-0.1, -0.05) is 11.3 Å². The Kier molecular flexibility index (Phi) is 4.73. The molecule has 22 heavy (non-hydrogen) atoms. The summed E-state index contributed by atoms with van der Waals surface area (Å²) in [6, 6.07) is 4.88. The summed E-state index contributed by atoms with van der Waals surface area (Å²) in [5, 5.41) is 21.4. The molecule has 0 aliphatic heterocycles. The zero-order chi connectivity index (χ0) is 16.1. The predicted molar refractivity (Wildman–Crippen MR) is 76.7 cm³/mol. The Labute approximate surface area is 128 Å². The number of aromatic nitrogens is 2. The fourth-order valence-corrected chi connectivity index (χ4v) is 2.04. The maximum absolute atomic E-state index is 11.7. The number of amides is 1. The molecule has 0 atom stereocenters. The standard InChI is InChI=1S/C12H10N4O5S/c1-7-14-15-12(22-7)13-10(17)6-21-11(18)8-2-4-9(5-3-8)16(19)20/h2-5H,6H2,1H3,(H,13,15,17). The van der Waals surface area contributed by atoms with E-state index in [1.165, 1.54) is 35.6 Å². The first-order chi connectivity index (χ1) is 10.5. The van der Waals surface area contributed by atoms with E-state index in [0.717, 1.165) is 0 Å². The van der Waals surface area contributed by atoms with Gasteiger partial charge in [0.25, 0.3) is 11.6 Å². The van der Waals surface area contributed by atoms with E-state index in [-0.39, 0.29) is 11.3 Å². The summed E-state index contributed by atoms with van der Waals surface area (Å²) in [5.41, 5.74) is -0.0221. The molecule has 1 aromatic carbocycles. The summed E-state index contributed by atoms with van der Waals surface area (Å²) in [6.45, 7) is 1.25. The Morgan fingerprint density at radius 1 is 1.32 bits per heavy atom. The number of hydrogen-bond donors (Lipinski definition) is 1. The second-order valence-electron chi connectivity index (χ2n) is 4.05. The number of carbonyl (C=O) groups is 2. The Balaban J connectivity index is 1.86. The Morgan fingerprint density at radius 2 is 2.00 bits per heavy atom. The molecule has 0 radical (unpaired) electrons. The number of aryl methyl sites for hydroxylation is 1. The van der Waals surface area contributed by atoms with E-state index >= 15 is 0 Å². The maximum atomic E-state index is 11.7. The maximum Gasteiger partial charge on any atom is 0.338 e. The van der Waals surface area contributed by atoms with Gasteiger partial charge in [-0.05, 0) is 19.1 Å². The van der Waals surface area contributed by atoms with Crippen molar-refractivity contribution in [1.29, 1.82) is 0 Å². The van der Waals surface area contributed by atoms with Crippen molar-refractivity contribution < 1.29 is 19.2 Å². The molecule has 1 amide bonds. The van der Waals surface area contributed by atoms with Crippen molar-refractivity contribution in [1.82, 2.24) is 10.2 Å². The van der Waals surface area contributed by atoms with Gasteiger partial charge in [0, 0.05) is 12.1 Å². The molecule has 0 unspecified atom stereocenters. The molecule has 0 bridgehead atoms. The van der Waals surface area contributed by atoms with Crippen molar-refractivity contribution in [2.45, 2.75) is 6.92 Å². The topological polar surface area (TPSA) is 124 Å². The lowest BCUT2D eigenvalue weighted by Gasteiger charge is -2.04. The Morgan fingerprint density at radius 3 is 2.55 bits per heavy atom. The van der Waals surface area contributed by atoms with Crippen molar-refractivity contribution in [3.8, 4) is 0 Å². The molecule has 0 aliphatic carbocycles. The number of nitro benzene ring substituents is 1. The molecule has 0 fully saturated rings. The normalized spacial score (nSPS) is 10.0. The number of nitro groups is 1. The fraction of sp³-hybridized carbons (Fsp3) is 0.167. The highest BCUT2D eigenvalue weighted by molar-refractivity contribution is 7.15. The molecular formula is C12H10N4O5S. The lowest BCUT2D eigenvalue weighted by atomic mass is 10.2. The number of ether oxygens (including phenoxy) is 1. The zero-order valence-electron chi connectivity index (χ0n) is 11.3. The molecule has 1 aromatic heterocycles. The average molecular weight is 322 g/mol. The van der Waals surface area contributed by atoms with Crippen LogP contribution in [0.5, 0.6) is 0 Å². The minimum atomic E-state index is -0.751. The molecule has 9 nitrogen and oxygen atoms in total. The third-order valence-corrected chi connectivity index (χ3v) is 3.17. The molecule has 10 heteroatoms. The summed E-state index contributed by atoms with van der Waals surface area (Å²) in [6.07, 6.45) is 0. The summed E-state index contributed by atoms with van der Waals surface area (Å²) in [5.74, 6) is -1.30. The van der Waals surface area contributed by atoms with Crippen molar-refractivity contribution in [2.75, 3.05) is 11.9 Å². The number of nitrogens with zero attached hydrogens (tertiary/aromatic N) is 3. The quantitative estimate of drug-likeness (QED) is 0.503. The SMILES string of the molecule is Cc1nnc(NC(=O)COC(=O)c2ccc([N+](=O)[O-])cc2)s1. The zero-order valence-corrected chi connectivity index (χ0v) is 12.1. The van der Waals surface area contributed by atoms with Gasteiger partial charge in [0.15, 0.2) is 6.61 Å². The number of nitrogens with one attached hydrogen (secondary N) is 1. The first-order valence-electron chi connectivity index (χ1n) is 5.97. The van der Waals surface area contributed by atoms with E-state index in [0.29, 0.717) is 10.1 Å². The van der Waals surface area contributed by atoms with Crippen molar-refractivity contribution in [2.24, 2.45) is 0 Å². The van der Waals surface area contributed by atoms with Crippen LogP contribution < -0.4 is 5.32 Å². The van der Waals surface area contributed by atoms with E-state index in [9.17, 15) is 19.7 Å². The van der Waals surface area contributed by atoms with Crippen LogP contribution in [-0.4, -0.2) is 33.6 Å². The second-order valence-corrected chi connectivity index (χ2v) is 5.24.